The van der Waals surface area contributed by atoms with Crippen LogP contribution < -0.4 is 5.32 Å². The van der Waals surface area contributed by atoms with E-state index in [4.69, 9.17) is 5.26 Å². The number of para-hydroxylation sites is 1. The van der Waals surface area contributed by atoms with Crippen molar-refractivity contribution in [3.63, 3.8) is 0 Å². The zero-order chi connectivity index (χ0) is 20.1. The standard InChI is InChI=1S/C27H17N3/c28-17-18-9-12-20(13-10-18)29-23-15-16-25-27-22(23)14-11-19-5-4-8-24(26(19)27)30(25)21-6-2-1-3-7-21/h1-16,29H. The van der Waals surface area contributed by atoms with E-state index in [0.29, 0.717) is 5.56 Å². The van der Waals surface area contributed by atoms with Crippen LogP contribution in [0.2, 0.25) is 0 Å². The lowest BCUT2D eigenvalue weighted by Gasteiger charge is -2.12. The fraction of sp³-hybridized carbons (Fsp3) is 0. The maximum atomic E-state index is 9.04. The number of aromatic nitrogens is 1. The molecular formula is C27H17N3. The molecule has 1 heterocycles. The van der Waals surface area contributed by atoms with Crippen molar-refractivity contribution in [1.82, 2.24) is 4.57 Å². The molecule has 0 bridgehead atoms. The van der Waals surface area contributed by atoms with Crippen molar-refractivity contribution < 1.29 is 0 Å². The van der Waals surface area contributed by atoms with Crippen LogP contribution in [0.4, 0.5) is 11.4 Å². The summed E-state index contributed by atoms with van der Waals surface area (Å²) in [6, 6.07) is 35.5. The van der Waals surface area contributed by atoms with Crippen LogP contribution in [0.15, 0.2) is 97.1 Å². The Balaban J connectivity index is 1.62. The molecule has 5 aromatic carbocycles. The molecule has 0 spiro atoms. The Kier molecular flexibility index (Phi) is 3.53. The maximum absolute atomic E-state index is 9.04. The van der Waals surface area contributed by atoms with E-state index in [2.05, 4.69) is 82.7 Å². The van der Waals surface area contributed by atoms with E-state index in [9.17, 15) is 0 Å². The predicted molar refractivity (Wildman–Crippen MR) is 124 cm³/mol. The topological polar surface area (TPSA) is 40.8 Å². The summed E-state index contributed by atoms with van der Waals surface area (Å²) >= 11 is 0. The van der Waals surface area contributed by atoms with Crippen molar-refractivity contribution in [3.05, 3.63) is 103 Å². The van der Waals surface area contributed by atoms with Gasteiger partial charge < -0.3 is 9.88 Å². The van der Waals surface area contributed by atoms with Crippen molar-refractivity contribution in [2.45, 2.75) is 0 Å². The summed E-state index contributed by atoms with van der Waals surface area (Å²) in [7, 11) is 0. The van der Waals surface area contributed by atoms with Crippen LogP contribution in [0, 0.1) is 11.3 Å². The van der Waals surface area contributed by atoms with Gasteiger partial charge >= 0.3 is 0 Å². The first-order valence-corrected chi connectivity index (χ1v) is 9.94. The van der Waals surface area contributed by atoms with E-state index in [-0.39, 0.29) is 0 Å². The third kappa shape index (κ3) is 2.38. The zero-order valence-electron chi connectivity index (χ0n) is 16.1. The molecule has 3 nitrogen and oxygen atoms in total. The molecule has 0 radical (unpaired) electrons. The van der Waals surface area contributed by atoms with Crippen molar-refractivity contribution in [2.75, 3.05) is 5.32 Å². The van der Waals surface area contributed by atoms with Crippen LogP contribution in [0.1, 0.15) is 5.56 Å². The van der Waals surface area contributed by atoms with Gasteiger partial charge in [0.2, 0.25) is 0 Å². The lowest BCUT2D eigenvalue weighted by Crippen LogP contribution is -1.94. The molecule has 0 fully saturated rings. The summed E-state index contributed by atoms with van der Waals surface area (Å²) in [4.78, 5) is 0. The Morgan fingerprint density at radius 2 is 1.47 bits per heavy atom. The number of nitrogens with zero attached hydrogens (tertiary/aromatic N) is 2. The highest BCUT2D eigenvalue weighted by Gasteiger charge is 2.18. The Morgan fingerprint density at radius 3 is 2.27 bits per heavy atom. The number of hydrogen-bond acceptors (Lipinski definition) is 2. The van der Waals surface area contributed by atoms with Crippen LogP contribution >= 0.6 is 0 Å². The van der Waals surface area contributed by atoms with E-state index in [1.165, 1.54) is 32.6 Å². The Labute approximate surface area is 173 Å². The molecule has 0 atom stereocenters. The molecule has 0 unspecified atom stereocenters. The predicted octanol–water partition coefficient (Wildman–Crippen LogP) is 6.99. The average molecular weight is 383 g/mol. The normalized spacial score (nSPS) is 11.3. The maximum Gasteiger partial charge on any atom is 0.0991 e. The molecule has 0 aliphatic heterocycles. The van der Waals surface area contributed by atoms with Crippen LogP contribution in [-0.2, 0) is 0 Å². The Hall–Kier alpha value is -4.29. The minimum Gasteiger partial charge on any atom is -0.355 e. The molecule has 0 saturated carbocycles. The van der Waals surface area contributed by atoms with E-state index in [1.54, 1.807) is 0 Å². The number of nitrogens with one attached hydrogen (secondary N) is 1. The molecule has 0 saturated heterocycles. The molecule has 6 rings (SSSR count). The minimum absolute atomic E-state index is 0.660. The van der Waals surface area contributed by atoms with Gasteiger partial charge in [-0.25, -0.2) is 0 Å². The molecule has 3 heteroatoms. The second-order valence-electron chi connectivity index (χ2n) is 7.48. The second-order valence-corrected chi connectivity index (χ2v) is 7.48. The van der Waals surface area contributed by atoms with E-state index < -0.39 is 0 Å². The third-order valence-corrected chi connectivity index (χ3v) is 5.77. The first kappa shape index (κ1) is 16.6. The van der Waals surface area contributed by atoms with Crippen molar-refractivity contribution in [3.8, 4) is 11.8 Å². The quantitative estimate of drug-likeness (QED) is 0.335. The van der Waals surface area contributed by atoms with Crippen molar-refractivity contribution >= 4 is 44.0 Å². The third-order valence-electron chi connectivity index (χ3n) is 5.77. The monoisotopic (exact) mass is 383 g/mol. The van der Waals surface area contributed by atoms with Gasteiger partial charge in [-0.1, -0.05) is 42.5 Å². The summed E-state index contributed by atoms with van der Waals surface area (Å²) in [5, 5.41) is 17.6. The highest BCUT2D eigenvalue weighted by atomic mass is 15.0. The lowest BCUT2D eigenvalue weighted by molar-refractivity contribution is 1.18. The van der Waals surface area contributed by atoms with Gasteiger partial charge in [-0.05, 0) is 60.0 Å². The molecule has 0 aliphatic rings. The summed E-state index contributed by atoms with van der Waals surface area (Å²) < 4.78 is 2.34. The van der Waals surface area contributed by atoms with Crippen LogP contribution in [-0.4, -0.2) is 4.57 Å². The van der Waals surface area contributed by atoms with E-state index in [0.717, 1.165) is 17.1 Å². The molecule has 0 aliphatic carbocycles. The van der Waals surface area contributed by atoms with Gasteiger partial charge in [-0.15, -0.1) is 0 Å². The van der Waals surface area contributed by atoms with Crippen LogP contribution in [0.5, 0.6) is 0 Å². The molecule has 1 N–H and O–H groups in total. The summed E-state index contributed by atoms with van der Waals surface area (Å²) in [5.41, 5.74) is 6.27. The fourth-order valence-corrected chi connectivity index (χ4v) is 4.44. The van der Waals surface area contributed by atoms with E-state index in [1.807, 2.05) is 30.3 Å². The SMILES string of the molecule is N#Cc1ccc(Nc2ccc3c4c2ccc2cccc(c24)n3-c2ccccc2)cc1. The summed E-state index contributed by atoms with van der Waals surface area (Å²) in [6.45, 7) is 0. The Morgan fingerprint density at radius 1 is 0.667 bits per heavy atom. The number of benzene rings is 5. The zero-order valence-corrected chi connectivity index (χ0v) is 16.1. The van der Waals surface area contributed by atoms with Gasteiger partial charge in [0, 0.05) is 33.2 Å². The largest absolute Gasteiger partial charge is 0.355 e. The van der Waals surface area contributed by atoms with Gasteiger partial charge in [0.1, 0.15) is 0 Å². The lowest BCUT2D eigenvalue weighted by atomic mass is 10.0. The molecule has 6 aromatic rings. The van der Waals surface area contributed by atoms with E-state index >= 15 is 0 Å². The molecule has 0 amide bonds. The van der Waals surface area contributed by atoms with Crippen LogP contribution in [0.3, 0.4) is 0 Å². The molecule has 140 valence electrons. The van der Waals surface area contributed by atoms with Gasteiger partial charge in [-0.3, -0.25) is 0 Å². The van der Waals surface area contributed by atoms with Gasteiger partial charge in [0.15, 0.2) is 0 Å². The summed E-state index contributed by atoms with van der Waals surface area (Å²) in [6.07, 6.45) is 0. The number of anilines is 2. The number of rotatable bonds is 3. The smallest absolute Gasteiger partial charge is 0.0991 e. The van der Waals surface area contributed by atoms with Gasteiger partial charge in [-0.2, -0.15) is 5.26 Å². The summed E-state index contributed by atoms with van der Waals surface area (Å²) in [5.74, 6) is 0. The Bertz CT molecular complexity index is 1550. The average Bonchev–Trinajstić information content (AvgIpc) is 3.15. The first-order chi connectivity index (χ1) is 14.8. The second kappa shape index (κ2) is 6.37. The van der Waals surface area contributed by atoms with Crippen molar-refractivity contribution in [1.29, 1.82) is 5.26 Å². The number of nitriles is 1. The van der Waals surface area contributed by atoms with Gasteiger partial charge in [0.05, 0.1) is 22.7 Å². The molecular weight excluding hydrogens is 366 g/mol. The molecule has 1 aromatic heterocycles. The number of hydrogen-bond donors (Lipinski definition) is 1. The fourth-order valence-electron chi connectivity index (χ4n) is 4.44. The first-order valence-electron chi connectivity index (χ1n) is 9.94. The highest BCUT2D eigenvalue weighted by Crippen LogP contribution is 2.41. The van der Waals surface area contributed by atoms with Gasteiger partial charge in [0.25, 0.3) is 0 Å². The van der Waals surface area contributed by atoms with Crippen LogP contribution in [0.25, 0.3) is 38.3 Å². The minimum atomic E-state index is 0.660. The molecule has 30 heavy (non-hydrogen) atoms. The van der Waals surface area contributed by atoms with Crippen molar-refractivity contribution in [2.24, 2.45) is 0 Å². The highest BCUT2D eigenvalue weighted by molar-refractivity contribution is 6.26.